The van der Waals surface area contributed by atoms with Crippen LogP contribution in [-0.4, -0.2) is 43.5 Å². The molecular weight excluding hydrogens is 274 g/mol. The molecule has 2 aliphatic heterocycles. The Kier molecular flexibility index (Phi) is 3.96. The maximum absolute atomic E-state index is 12.1. The molecule has 1 aromatic rings. The zero-order valence-electron chi connectivity index (χ0n) is 11.7. The molecule has 0 saturated carbocycles. The fourth-order valence-electron chi connectivity index (χ4n) is 3.16. The van der Waals surface area contributed by atoms with E-state index < -0.39 is 0 Å². The highest BCUT2D eigenvalue weighted by atomic mass is 35.5. The van der Waals surface area contributed by atoms with E-state index in [4.69, 9.17) is 11.6 Å². The largest absolute Gasteiger partial charge is 0.325 e. The lowest BCUT2D eigenvalue weighted by Crippen LogP contribution is -2.33. The predicted molar refractivity (Wildman–Crippen MR) is 81.1 cm³/mol. The van der Waals surface area contributed by atoms with Crippen LogP contribution in [0.1, 0.15) is 5.56 Å². The molecule has 2 saturated heterocycles. The average molecular weight is 294 g/mol. The number of hydrogen-bond donors (Lipinski definition) is 2. The molecule has 1 amide bonds. The topological polar surface area (TPSA) is 44.4 Å². The Morgan fingerprint density at radius 3 is 2.75 bits per heavy atom. The second-order valence-electron chi connectivity index (χ2n) is 5.88. The third-order valence-corrected chi connectivity index (χ3v) is 4.70. The Labute approximate surface area is 124 Å². The SMILES string of the molecule is Cc1ccc(NC(=O)CN2CC3CNCC3C2)cc1Cl. The number of aryl methyl sites for hydroxylation is 1. The van der Waals surface area contributed by atoms with Crippen LogP contribution in [0, 0.1) is 18.8 Å². The number of carbonyl (C=O) groups is 1. The Hall–Kier alpha value is -1.10. The van der Waals surface area contributed by atoms with Gasteiger partial charge in [0.2, 0.25) is 5.91 Å². The minimum absolute atomic E-state index is 0.0397. The zero-order valence-corrected chi connectivity index (χ0v) is 12.4. The van der Waals surface area contributed by atoms with Gasteiger partial charge < -0.3 is 10.6 Å². The highest BCUT2D eigenvalue weighted by Crippen LogP contribution is 2.26. The van der Waals surface area contributed by atoms with E-state index in [2.05, 4.69) is 15.5 Å². The smallest absolute Gasteiger partial charge is 0.238 e. The van der Waals surface area contributed by atoms with Crippen molar-refractivity contribution in [1.29, 1.82) is 0 Å². The first kappa shape index (κ1) is 13.9. The third-order valence-electron chi connectivity index (χ3n) is 4.29. The molecule has 2 aliphatic rings. The number of rotatable bonds is 3. The lowest BCUT2D eigenvalue weighted by molar-refractivity contribution is -0.117. The van der Waals surface area contributed by atoms with E-state index in [1.807, 2.05) is 19.1 Å². The Bertz CT molecular complexity index is 508. The van der Waals surface area contributed by atoms with Gasteiger partial charge in [0.05, 0.1) is 6.54 Å². The fraction of sp³-hybridized carbons (Fsp3) is 0.533. The molecule has 0 aromatic heterocycles. The van der Waals surface area contributed by atoms with Crippen molar-refractivity contribution in [3.8, 4) is 0 Å². The maximum Gasteiger partial charge on any atom is 0.238 e. The summed E-state index contributed by atoms with van der Waals surface area (Å²) in [7, 11) is 0. The number of carbonyl (C=O) groups excluding carboxylic acids is 1. The summed E-state index contributed by atoms with van der Waals surface area (Å²) in [5.41, 5.74) is 1.79. The van der Waals surface area contributed by atoms with E-state index in [9.17, 15) is 4.79 Å². The molecule has 0 radical (unpaired) electrons. The fourth-order valence-corrected chi connectivity index (χ4v) is 3.34. The van der Waals surface area contributed by atoms with Crippen LogP contribution in [0.5, 0.6) is 0 Å². The minimum Gasteiger partial charge on any atom is -0.325 e. The Morgan fingerprint density at radius 1 is 1.40 bits per heavy atom. The highest BCUT2D eigenvalue weighted by Gasteiger charge is 2.36. The molecule has 108 valence electrons. The summed E-state index contributed by atoms with van der Waals surface area (Å²) in [5, 5.41) is 7.01. The van der Waals surface area contributed by atoms with E-state index in [1.165, 1.54) is 0 Å². The number of nitrogens with one attached hydrogen (secondary N) is 2. The molecule has 2 heterocycles. The summed E-state index contributed by atoms with van der Waals surface area (Å²) in [6.07, 6.45) is 0. The number of hydrogen-bond acceptors (Lipinski definition) is 3. The molecule has 2 fully saturated rings. The van der Waals surface area contributed by atoms with E-state index in [0.717, 1.165) is 49.3 Å². The molecule has 5 heteroatoms. The third kappa shape index (κ3) is 2.97. The van der Waals surface area contributed by atoms with E-state index in [0.29, 0.717) is 11.6 Å². The van der Waals surface area contributed by atoms with Crippen molar-refractivity contribution in [2.75, 3.05) is 38.0 Å². The van der Waals surface area contributed by atoms with Gasteiger partial charge in [-0.05, 0) is 49.5 Å². The van der Waals surface area contributed by atoms with Crippen LogP contribution in [-0.2, 0) is 4.79 Å². The van der Waals surface area contributed by atoms with Gasteiger partial charge in [-0.2, -0.15) is 0 Å². The summed E-state index contributed by atoms with van der Waals surface area (Å²) in [6.45, 7) is 6.66. The van der Waals surface area contributed by atoms with Crippen LogP contribution < -0.4 is 10.6 Å². The first-order valence-corrected chi connectivity index (χ1v) is 7.48. The van der Waals surface area contributed by atoms with Crippen molar-refractivity contribution < 1.29 is 4.79 Å². The number of anilines is 1. The first-order valence-electron chi connectivity index (χ1n) is 7.11. The maximum atomic E-state index is 12.1. The van der Waals surface area contributed by atoms with Gasteiger partial charge >= 0.3 is 0 Å². The van der Waals surface area contributed by atoms with Crippen LogP contribution in [0.3, 0.4) is 0 Å². The van der Waals surface area contributed by atoms with Gasteiger partial charge in [0.1, 0.15) is 0 Å². The minimum atomic E-state index is 0.0397. The van der Waals surface area contributed by atoms with Crippen molar-refractivity contribution in [3.63, 3.8) is 0 Å². The van der Waals surface area contributed by atoms with Crippen molar-refractivity contribution in [2.45, 2.75) is 6.92 Å². The molecule has 0 bridgehead atoms. The molecule has 2 N–H and O–H groups in total. The standard InChI is InChI=1S/C15H20ClN3O/c1-10-2-3-13(4-14(10)16)18-15(20)9-19-7-11-5-17-6-12(11)8-19/h2-4,11-12,17H,5-9H2,1H3,(H,18,20). The monoisotopic (exact) mass is 293 g/mol. The molecule has 0 spiro atoms. The molecular formula is C15H20ClN3O. The number of benzene rings is 1. The van der Waals surface area contributed by atoms with E-state index >= 15 is 0 Å². The van der Waals surface area contributed by atoms with Gasteiger partial charge in [-0.3, -0.25) is 9.69 Å². The van der Waals surface area contributed by atoms with Crippen LogP contribution in [0.4, 0.5) is 5.69 Å². The van der Waals surface area contributed by atoms with Gasteiger partial charge in [0, 0.05) is 23.8 Å². The van der Waals surface area contributed by atoms with Crippen LogP contribution in [0.2, 0.25) is 5.02 Å². The lowest BCUT2D eigenvalue weighted by Gasteiger charge is -2.16. The second-order valence-corrected chi connectivity index (χ2v) is 6.29. The predicted octanol–water partition coefficient (Wildman–Crippen LogP) is 1.74. The zero-order chi connectivity index (χ0) is 14.1. The molecule has 2 unspecified atom stereocenters. The molecule has 2 atom stereocenters. The van der Waals surface area contributed by atoms with Gasteiger partial charge in [-0.1, -0.05) is 17.7 Å². The quantitative estimate of drug-likeness (QED) is 0.892. The summed E-state index contributed by atoms with van der Waals surface area (Å²) in [6, 6.07) is 5.61. The van der Waals surface area contributed by atoms with Gasteiger partial charge in [-0.15, -0.1) is 0 Å². The first-order chi connectivity index (χ1) is 9.61. The van der Waals surface area contributed by atoms with E-state index in [1.54, 1.807) is 6.07 Å². The summed E-state index contributed by atoms with van der Waals surface area (Å²) in [4.78, 5) is 14.3. The van der Waals surface area contributed by atoms with Crippen molar-refractivity contribution in [1.82, 2.24) is 10.2 Å². The summed E-state index contributed by atoms with van der Waals surface area (Å²) < 4.78 is 0. The number of nitrogens with zero attached hydrogens (tertiary/aromatic N) is 1. The van der Waals surface area contributed by atoms with Crippen molar-refractivity contribution >= 4 is 23.2 Å². The summed E-state index contributed by atoms with van der Waals surface area (Å²) in [5.74, 6) is 1.48. The molecule has 20 heavy (non-hydrogen) atoms. The van der Waals surface area contributed by atoms with Crippen molar-refractivity contribution in [2.24, 2.45) is 11.8 Å². The molecule has 0 aliphatic carbocycles. The van der Waals surface area contributed by atoms with Gasteiger partial charge in [-0.25, -0.2) is 0 Å². The average Bonchev–Trinajstić information content (AvgIpc) is 2.94. The lowest BCUT2D eigenvalue weighted by atomic mass is 10.0. The van der Waals surface area contributed by atoms with Gasteiger partial charge in [0.15, 0.2) is 0 Å². The normalized spacial score (nSPS) is 25.7. The number of fused-ring (bicyclic) bond motifs is 1. The molecule has 3 rings (SSSR count). The highest BCUT2D eigenvalue weighted by molar-refractivity contribution is 6.31. The summed E-state index contributed by atoms with van der Waals surface area (Å²) >= 11 is 6.06. The molecule has 1 aromatic carbocycles. The van der Waals surface area contributed by atoms with Gasteiger partial charge in [0.25, 0.3) is 0 Å². The Morgan fingerprint density at radius 2 is 2.10 bits per heavy atom. The van der Waals surface area contributed by atoms with Crippen LogP contribution in [0.15, 0.2) is 18.2 Å². The van der Waals surface area contributed by atoms with E-state index in [-0.39, 0.29) is 5.91 Å². The van der Waals surface area contributed by atoms with Crippen molar-refractivity contribution in [3.05, 3.63) is 28.8 Å². The number of likely N-dealkylation sites (tertiary alicyclic amines) is 1. The van der Waals surface area contributed by atoms with Crippen LogP contribution >= 0.6 is 11.6 Å². The van der Waals surface area contributed by atoms with Crippen LogP contribution in [0.25, 0.3) is 0 Å². The number of amides is 1. The Balaban J connectivity index is 1.53. The number of halogens is 1. The second kappa shape index (κ2) is 5.72. The molecule has 4 nitrogen and oxygen atoms in total.